The van der Waals surface area contributed by atoms with E-state index in [-0.39, 0.29) is 17.9 Å². The van der Waals surface area contributed by atoms with Crippen LogP contribution in [0.15, 0.2) is 18.3 Å². The molecule has 0 unspecified atom stereocenters. The van der Waals surface area contributed by atoms with E-state index in [4.69, 9.17) is 5.11 Å². The number of aliphatic hydroxyl groups is 1. The normalized spacial score (nSPS) is 11.2. The summed E-state index contributed by atoms with van der Waals surface area (Å²) in [6.45, 7) is 5.30. The highest BCUT2D eigenvalue weighted by atomic mass is 16.2. The molecule has 1 amide bonds. The van der Waals surface area contributed by atoms with E-state index in [9.17, 15) is 4.79 Å². The number of amides is 1. The number of rotatable bonds is 7. The summed E-state index contributed by atoms with van der Waals surface area (Å²) in [5.74, 6) is -0.191. The quantitative estimate of drug-likeness (QED) is 0.701. The van der Waals surface area contributed by atoms with Crippen LogP contribution < -0.4 is 10.6 Å². The second-order valence-electron chi connectivity index (χ2n) is 5.35. The molecule has 0 aliphatic rings. The van der Waals surface area contributed by atoms with Crippen LogP contribution in [-0.4, -0.2) is 36.2 Å². The Morgan fingerprint density at radius 1 is 1.47 bits per heavy atom. The van der Waals surface area contributed by atoms with Crippen LogP contribution >= 0.6 is 0 Å². The van der Waals surface area contributed by atoms with Gasteiger partial charge in [-0.15, -0.1) is 0 Å². The highest BCUT2D eigenvalue weighted by Crippen LogP contribution is 2.23. The highest BCUT2D eigenvalue weighted by molar-refractivity contribution is 5.92. The van der Waals surface area contributed by atoms with Crippen molar-refractivity contribution in [2.45, 2.75) is 26.7 Å². The Kier molecular flexibility index (Phi) is 5.76. The maximum absolute atomic E-state index is 11.5. The van der Waals surface area contributed by atoms with Gasteiger partial charge in [0, 0.05) is 32.1 Å². The van der Waals surface area contributed by atoms with E-state index in [0.717, 1.165) is 25.1 Å². The second kappa shape index (κ2) is 7.09. The number of nitrogens with one attached hydrogen (secondary N) is 2. The third-order valence-electron chi connectivity index (χ3n) is 3.00. The second-order valence-corrected chi connectivity index (χ2v) is 5.35. The van der Waals surface area contributed by atoms with Crippen molar-refractivity contribution < 1.29 is 9.90 Å². The minimum atomic E-state index is -0.191. The Bertz CT molecular complexity index is 419. The zero-order chi connectivity index (χ0) is 14.3. The van der Waals surface area contributed by atoms with Crippen LogP contribution in [0.3, 0.4) is 0 Å². The number of nitrogens with zero attached hydrogens (tertiary/aromatic N) is 1. The average Bonchev–Trinajstić information content (AvgIpc) is 2.42. The van der Waals surface area contributed by atoms with Crippen LogP contribution in [0.5, 0.6) is 0 Å². The predicted molar refractivity (Wildman–Crippen MR) is 76.2 cm³/mol. The van der Waals surface area contributed by atoms with Crippen molar-refractivity contribution in [3.63, 3.8) is 0 Å². The first-order valence-corrected chi connectivity index (χ1v) is 6.51. The lowest BCUT2D eigenvalue weighted by Crippen LogP contribution is -2.24. The molecule has 0 saturated heterocycles. The van der Waals surface area contributed by atoms with Crippen molar-refractivity contribution in [2.75, 3.05) is 25.5 Å². The standard InChI is InChI=1S/C14H23N3O2/c1-14(2,6-4-8-18)10-17-11-5-7-16-12(9-11)13(19)15-3/h5,7,9,18H,4,6,8,10H2,1-3H3,(H,15,19)(H,16,17). The molecule has 0 bridgehead atoms. The average molecular weight is 265 g/mol. The first-order chi connectivity index (χ1) is 8.98. The number of aromatic nitrogens is 1. The molecule has 0 fully saturated rings. The molecule has 0 atom stereocenters. The summed E-state index contributed by atoms with van der Waals surface area (Å²) in [6.07, 6.45) is 3.37. The van der Waals surface area contributed by atoms with E-state index >= 15 is 0 Å². The lowest BCUT2D eigenvalue weighted by Gasteiger charge is -2.25. The van der Waals surface area contributed by atoms with Gasteiger partial charge in [-0.1, -0.05) is 13.8 Å². The summed E-state index contributed by atoms with van der Waals surface area (Å²) in [6, 6.07) is 3.58. The van der Waals surface area contributed by atoms with Crippen LogP contribution in [0.2, 0.25) is 0 Å². The zero-order valence-electron chi connectivity index (χ0n) is 11.9. The van der Waals surface area contributed by atoms with Crippen molar-refractivity contribution in [2.24, 2.45) is 5.41 Å². The first-order valence-electron chi connectivity index (χ1n) is 6.51. The summed E-state index contributed by atoms with van der Waals surface area (Å²) >= 11 is 0. The third-order valence-corrected chi connectivity index (χ3v) is 3.00. The number of hydrogen-bond donors (Lipinski definition) is 3. The summed E-state index contributed by atoms with van der Waals surface area (Å²) in [4.78, 5) is 15.5. The molecule has 5 nitrogen and oxygen atoms in total. The molecule has 0 radical (unpaired) electrons. The van der Waals surface area contributed by atoms with Gasteiger partial charge in [-0.3, -0.25) is 9.78 Å². The zero-order valence-corrected chi connectivity index (χ0v) is 11.9. The Balaban J connectivity index is 2.60. The molecule has 1 rings (SSSR count). The molecular formula is C14H23N3O2. The number of carbonyl (C=O) groups excluding carboxylic acids is 1. The summed E-state index contributed by atoms with van der Waals surface area (Å²) < 4.78 is 0. The summed E-state index contributed by atoms with van der Waals surface area (Å²) in [5.41, 5.74) is 1.38. The van der Waals surface area contributed by atoms with Gasteiger partial charge >= 0.3 is 0 Å². The Hall–Kier alpha value is -1.62. The molecular weight excluding hydrogens is 242 g/mol. The molecule has 19 heavy (non-hydrogen) atoms. The van der Waals surface area contributed by atoms with Gasteiger partial charge < -0.3 is 15.7 Å². The van der Waals surface area contributed by atoms with E-state index in [2.05, 4.69) is 29.5 Å². The number of aliphatic hydroxyl groups excluding tert-OH is 1. The molecule has 5 heteroatoms. The van der Waals surface area contributed by atoms with Crippen LogP contribution in [-0.2, 0) is 0 Å². The van der Waals surface area contributed by atoms with Crippen molar-refractivity contribution in [1.29, 1.82) is 0 Å². The number of carbonyl (C=O) groups is 1. The minimum absolute atomic E-state index is 0.0964. The minimum Gasteiger partial charge on any atom is -0.396 e. The van der Waals surface area contributed by atoms with Crippen molar-refractivity contribution in [3.8, 4) is 0 Å². The maximum atomic E-state index is 11.5. The van der Waals surface area contributed by atoms with Gasteiger partial charge in [-0.05, 0) is 30.4 Å². The number of anilines is 1. The molecule has 0 saturated carbocycles. The van der Waals surface area contributed by atoms with E-state index < -0.39 is 0 Å². The summed E-state index contributed by atoms with van der Waals surface area (Å²) in [7, 11) is 1.59. The number of hydrogen-bond acceptors (Lipinski definition) is 4. The molecule has 1 aromatic heterocycles. The first kappa shape index (κ1) is 15.4. The van der Waals surface area contributed by atoms with Crippen LogP contribution in [0.25, 0.3) is 0 Å². The molecule has 0 aliphatic heterocycles. The Labute approximate surface area is 114 Å². The van der Waals surface area contributed by atoms with Gasteiger partial charge in [0.25, 0.3) is 5.91 Å². The predicted octanol–water partition coefficient (Wildman–Crippen LogP) is 1.65. The fourth-order valence-electron chi connectivity index (χ4n) is 1.78. The monoisotopic (exact) mass is 265 g/mol. The van der Waals surface area contributed by atoms with Crippen LogP contribution in [0.1, 0.15) is 37.2 Å². The molecule has 3 N–H and O–H groups in total. The van der Waals surface area contributed by atoms with Gasteiger partial charge in [0.15, 0.2) is 0 Å². The lowest BCUT2D eigenvalue weighted by atomic mass is 9.88. The molecule has 0 aromatic carbocycles. The third kappa shape index (κ3) is 5.26. The number of pyridine rings is 1. The van der Waals surface area contributed by atoms with Crippen molar-refractivity contribution >= 4 is 11.6 Å². The Morgan fingerprint density at radius 3 is 2.84 bits per heavy atom. The van der Waals surface area contributed by atoms with E-state index in [1.165, 1.54) is 0 Å². The van der Waals surface area contributed by atoms with E-state index in [0.29, 0.717) is 5.69 Å². The van der Waals surface area contributed by atoms with E-state index in [1.807, 2.05) is 6.07 Å². The van der Waals surface area contributed by atoms with Gasteiger partial charge in [0.05, 0.1) is 0 Å². The SMILES string of the molecule is CNC(=O)c1cc(NCC(C)(C)CCCO)ccn1. The van der Waals surface area contributed by atoms with Crippen molar-refractivity contribution in [3.05, 3.63) is 24.0 Å². The fourth-order valence-corrected chi connectivity index (χ4v) is 1.78. The Morgan fingerprint density at radius 2 is 2.21 bits per heavy atom. The van der Waals surface area contributed by atoms with E-state index in [1.54, 1.807) is 19.3 Å². The smallest absolute Gasteiger partial charge is 0.269 e. The lowest BCUT2D eigenvalue weighted by molar-refractivity contribution is 0.0958. The molecule has 106 valence electrons. The van der Waals surface area contributed by atoms with Gasteiger partial charge in [-0.25, -0.2) is 0 Å². The van der Waals surface area contributed by atoms with Crippen LogP contribution in [0.4, 0.5) is 5.69 Å². The maximum Gasteiger partial charge on any atom is 0.269 e. The topological polar surface area (TPSA) is 74.2 Å². The summed E-state index contributed by atoms with van der Waals surface area (Å²) in [5, 5.41) is 14.7. The largest absolute Gasteiger partial charge is 0.396 e. The highest BCUT2D eigenvalue weighted by Gasteiger charge is 2.17. The molecule has 0 spiro atoms. The van der Waals surface area contributed by atoms with Gasteiger partial charge in [0.2, 0.25) is 0 Å². The van der Waals surface area contributed by atoms with Crippen LogP contribution in [0, 0.1) is 5.41 Å². The molecule has 1 aromatic rings. The van der Waals surface area contributed by atoms with Crippen molar-refractivity contribution in [1.82, 2.24) is 10.3 Å². The molecule has 0 aliphatic carbocycles. The molecule has 1 heterocycles. The fraction of sp³-hybridized carbons (Fsp3) is 0.571. The van der Waals surface area contributed by atoms with Gasteiger partial charge in [-0.2, -0.15) is 0 Å². The van der Waals surface area contributed by atoms with Gasteiger partial charge in [0.1, 0.15) is 5.69 Å².